The SMILES string of the molecule is COc1ccc(NC(=O)Cc2cccc(C(F)(F)F)c2)cc1NS(C)(=O)=O. The number of anilines is 2. The molecule has 0 fully saturated rings. The van der Waals surface area contributed by atoms with Crippen LogP contribution in [0, 0.1) is 0 Å². The summed E-state index contributed by atoms with van der Waals surface area (Å²) in [5, 5.41) is 2.52. The van der Waals surface area contributed by atoms with Crippen LogP contribution in [-0.2, 0) is 27.4 Å². The average Bonchev–Trinajstić information content (AvgIpc) is 2.53. The van der Waals surface area contributed by atoms with Crippen LogP contribution in [0.1, 0.15) is 11.1 Å². The summed E-state index contributed by atoms with van der Waals surface area (Å²) in [6.07, 6.45) is -3.80. The van der Waals surface area contributed by atoms with E-state index in [9.17, 15) is 26.4 Å². The molecule has 2 aromatic carbocycles. The van der Waals surface area contributed by atoms with E-state index in [2.05, 4.69) is 10.0 Å². The van der Waals surface area contributed by atoms with Crippen molar-refractivity contribution in [2.45, 2.75) is 12.6 Å². The minimum Gasteiger partial charge on any atom is -0.495 e. The van der Waals surface area contributed by atoms with Crippen molar-refractivity contribution in [1.82, 2.24) is 0 Å². The van der Waals surface area contributed by atoms with E-state index in [1.807, 2.05) is 0 Å². The molecule has 0 aromatic heterocycles. The van der Waals surface area contributed by atoms with E-state index in [0.29, 0.717) is 0 Å². The fourth-order valence-electron chi connectivity index (χ4n) is 2.31. The van der Waals surface area contributed by atoms with E-state index in [1.165, 1.54) is 37.4 Å². The number of amides is 1. The first kappa shape index (κ1) is 20.6. The summed E-state index contributed by atoms with van der Waals surface area (Å²) < 4.78 is 68.3. The number of methoxy groups -OCH3 is 1. The highest BCUT2D eigenvalue weighted by atomic mass is 32.2. The fourth-order valence-corrected chi connectivity index (χ4v) is 2.87. The van der Waals surface area contributed by atoms with Gasteiger partial charge in [0.15, 0.2) is 0 Å². The van der Waals surface area contributed by atoms with Crippen molar-refractivity contribution in [2.75, 3.05) is 23.4 Å². The van der Waals surface area contributed by atoms with Crippen LogP contribution in [0.2, 0.25) is 0 Å². The van der Waals surface area contributed by atoms with Gasteiger partial charge < -0.3 is 10.1 Å². The topological polar surface area (TPSA) is 84.5 Å². The van der Waals surface area contributed by atoms with Gasteiger partial charge in [0.2, 0.25) is 15.9 Å². The third kappa shape index (κ3) is 6.17. The van der Waals surface area contributed by atoms with E-state index < -0.39 is 27.7 Å². The van der Waals surface area contributed by atoms with Crippen molar-refractivity contribution >= 4 is 27.3 Å². The van der Waals surface area contributed by atoms with Gasteiger partial charge in [-0.15, -0.1) is 0 Å². The number of benzene rings is 2. The van der Waals surface area contributed by atoms with Gasteiger partial charge in [-0.05, 0) is 29.8 Å². The number of carbonyl (C=O) groups excluding carboxylic acids is 1. The third-order valence-electron chi connectivity index (χ3n) is 3.40. The molecule has 0 aliphatic heterocycles. The first-order valence-electron chi connectivity index (χ1n) is 7.60. The lowest BCUT2D eigenvalue weighted by Crippen LogP contribution is -2.16. The molecule has 2 N–H and O–H groups in total. The van der Waals surface area contributed by atoms with Crippen molar-refractivity contribution in [3.05, 3.63) is 53.6 Å². The molecule has 0 heterocycles. The van der Waals surface area contributed by atoms with E-state index in [0.717, 1.165) is 18.4 Å². The molecule has 0 atom stereocenters. The van der Waals surface area contributed by atoms with Crippen LogP contribution in [-0.4, -0.2) is 27.7 Å². The number of alkyl halides is 3. The van der Waals surface area contributed by atoms with Crippen LogP contribution < -0.4 is 14.8 Å². The highest BCUT2D eigenvalue weighted by molar-refractivity contribution is 7.92. The Balaban J connectivity index is 2.15. The van der Waals surface area contributed by atoms with Crippen molar-refractivity contribution in [2.24, 2.45) is 0 Å². The number of rotatable bonds is 6. The van der Waals surface area contributed by atoms with Crippen LogP contribution in [0.5, 0.6) is 5.75 Å². The highest BCUT2D eigenvalue weighted by Crippen LogP contribution is 2.30. The predicted octanol–water partition coefficient (Wildman–Crippen LogP) is 3.27. The van der Waals surface area contributed by atoms with Gasteiger partial charge in [0.25, 0.3) is 0 Å². The second-order valence-electron chi connectivity index (χ2n) is 5.71. The van der Waals surface area contributed by atoms with Crippen molar-refractivity contribution in [3.63, 3.8) is 0 Å². The number of ether oxygens (including phenoxy) is 1. The predicted molar refractivity (Wildman–Crippen MR) is 95.2 cm³/mol. The standard InChI is InChI=1S/C17H17F3N2O4S/c1-26-15-7-6-13(10-14(15)22-27(2,24)25)21-16(23)9-11-4-3-5-12(8-11)17(18,19)20/h3-8,10,22H,9H2,1-2H3,(H,21,23). The Morgan fingerprint density at radius 2 is 1.85 bits per heavy atom. The van der Waals surface area contributed by atoms with Gasteiger partial charge in [0, 0.05) is 5.69 Å². The molecule has 1 amide bonds. The fraction of sp³-hybridized carbons (Fsp3) is 0.235. The molecule has 0 unspecified atom stereocenters. The number of nitrogens with one attached hydrogen (secondary N) is 2. The Morgan fingerprint density at radius 1 is 1.15 bits per heavy atom. The second kappa shape index (κ2) is 7.87. The zero-order valence-electron chi connectivity index (χ0n) is 14.4. The Hall–Kier alpha value is -2.75. The molecule has 0 saturated heterocycles. The van der Waals surface area contributed by atoms with E-state index in [-0.39, 0.29) is 29.1 Å². The van der Waals surface area contributed by atoms with Gasteiger partial charge in [0.1, 0.15) is 5.75 Å². The van der Waals surface area contributed by atoms with Gasteiger partial charge in [-0.1, -0.05) is 18.2 Å². The molecule has 146 valence electrons. The monoisotopic (exact) mass is 402 g/mol. The molecule has 0 spiro atoms. The maximum atomic E-state index is 12.7. The molecule has 0 radical (unpaired) electrons. The van der Waals surface area contributed by atoms with Gasteiger partial charge in [-0.3, -0.25) is 9.52 Å². The Morgan fingerprint density at radius 3 is 2.44 bits per heavy atom. The minimum absolute atomic E-state index is 0.122. The number of hydrogen-bond donors (Lipinski definition) is 2. The molecule has 0 bridgehead atoms. The van der Waals surface area contributed by atoms with Crippen molar-refractivity contribution < 1.29 is 31.1 Å². The van der Waals surface area contributed by atoms with Crippen molar-refractivity contribution in [3.8, 4) is 5.75 Å². The minimum atomic E-state index is -4.49. The Kier molecular flexibility index (Phi) is 5.99. The van der Waals surface area contributed by atoms with Crippen LogP contribution in [0.15, 0.2) is 42.5 Å². The summed E-state index contributed by atoms with van der Waals surface area (Å²) in [6.45, 7) is 0. The van der Waals surface area contributed by atoms with E-state index in [4.69, 9.17) is 4.74 Å². The number of hydrogen-bond acceptors (Lipinski definition) is 4. The summed E-state index contributed by atoms with van der Waals surface area (Å²) in [6, 6.07) is 8.76. The molecule has 6 nitrogen and oxygen atoms in total. The zero-order valence-corrected chi connectivity index (χ0v) is 15.2. The maximum absolute atomic E-state index is 12.7. The summed E-state index contributed by atoms with van der Waals surface area (Å²) in [5.41, 5.74) is -0.252. The normalized spacial score (nSPS) is 11.7. The summed E-state index contributed by atoms with van der Waals surface area (Å²) in [5.74, 6) is -0.305. The van der Waals surface area contributed by atoms with E-state index >= 15 is 0 Å². The van der Waals surface area contributed by atoms with Crippen LogP contribution in [0.25, 0.3) is 0 Å². The Bertz CT molecular complexity index is 943. The van der Waals surface area contributed by atoms with Gasteiger partial charge in [-0.25, -0.2) is 8.42 Å². The van der Waals surface area contributed by atoms with Gasteiger partial charge >= 0.3 is 6.18 Å². The molecule has 0 saturated carbocycles. The summed E-state index contributed by atoms with van der Waals surface area (Å²) in [4.78, 5) is 12.1. The largest absolute Gasteiger partial charge is 0.495 e. The number of carbonyl (C=O) groups is 1. The second-order valence-corrected chi connectivity index (χ2v) is 7.46. The summed E-state index contributed by atoms with van der Waals surface area (Å²) in [7, 11) is -2.22. The van der Waals surface area contributed by atoms with Crippen LogP contribution in [0.4, 0.5) is 24.5 Å². The lowest BCUT2D eigenvalue weighted by atomic mass is 10.1. The highest BCUT2D eigenvalue weighted by Gasteiger charge is 2.30. The quantitative estimate of drug-likeness (QED) is 0.777. The molecular formula is C17H17F3N2O4S. The van der Waals surface area contributed by atoms with Crippen LogP contribution >= 0.6 is 0 Å². The summed E-state index contributed by atoms with van der Waals surface area (Å²) >= 11 is 0. The molecule has 2 rings (SSSR count). The smallest absolute Gasteiger partial charge is 0.416 e. The zero-order chi connectivity index (χ0) is 20.2. The maximum Gasteiger partial charge on any atom is 0.416 e. The molecule has 27 heavy (non-hydrogen) atoms. The molecule has 10 heteroatoms. The lowest BCUT2D eigenvalue weighted by molar-refractivity contribution is -0.137. The van der Waals surface area contributed by atoms with Gasteiger partial charge in [0.05, 0.1) is 31.0 Å². The number of sulfonamides is 1. The first-order chi connectivity index (χ1) is 12.5. The molecular weight excluding hydrogens is 385 g/mol. The van der Waals surface area contributed by atoms with Crippen molar-refractivity contribution in [1.29, 1.82) is 0 Å². The molecule has 0 aliphatic rings. The lowest BCUT2D eigenvalue weighted by Gasteiger charge is -2.13. The molecule has 2 aromatic rings. The average molecular weight is 402 g/mol. The van der Waals surface area contributed by atoms with Crippen LogP contribution in [0.3, 0.4) is 0 Å². The van der Waals surface area contributed by atoms with Gasteiger partial charge in [-0.2, -0.15) is 13.2 Å². The third-order valence-corrected chi connectivity index (χ3v) is 3.99. The number of halogens is 3. The molecule has 0 aliphatic carbocycles. The first-order valence-corrected chi connectivity index (χ1v) is 9.49. The Labute approximate surface area is 154 Å². The van der Waals surface area contributed by atoms with E-state index in [1.54, 1.807) is 0 Å².